The van der Waals surface area contributed by atoms with Crippen LogP contribution in [-0.2, 0) is 30.1 Å². The molecule has 1 atom stereocenters. The van der Waals surface area contributed by atoms with Gasteiger partial charge in [-0.15, -0.1) is 0 Å². The van der Waals surface area contributed by atoms with E-state index in [1.54, 1.807) is 35.4 Å². The topological polar surface area (TPSA) is 158 Å². The molecule has 8 heterocycles. The molecule has 0 saturated carbocycles. The van der Waals surface area contributed by atoms with Gasteiger partial charge in [0.2, 0.25) is 11.8 Å². The van der Waals surface area contributed by atoms with Crippen molar-refractivity contribution in [1.82, 2.24) is 34.7 Å². The summed E-state index contributed by atoms with van der Waals surface area (Å²) >= 11 is 0. The lowest BCUT2D eigenvalue weighted by molar-refractivity contribution is -0.134. The minimum Gasteiger partial charge on any atom is -0.381 e. The van der Waals surface area contributed by atoms with Crippen molar-refractivity contribution in [2.45, 2.75) is 57.9 Å². The lowest BCUT2D eigenvalue weighted by atomic mass is 9.89. The summed E-state index contributed by atoms with van der Waals surface area (Å²) in [5.74, 6) is 0.292. The van der Waals surface area contributed by atoms with Crippen LogP contribution in [0.25, 0.3) is 44.3 Å². The molecule has 4 fully saturated rings. The number of nitrogens with zero attached hydrogens (tertiary/aromatic N) is 10. The Balaban J connectivity index is 0.805. The number of carbonyl (C=O) groups excluding carboxylic acids is 3. The molecule has 4 aliphatic heterocycles. The van der Waals surface area contributed by atoms with Crippen LogP contribution in [0.1, 0.15) is 55.5 Å². The van der Waals surface area contributed by atoms with Gasteiger partial charge in [0.25, 0.3) is 5.56 Å². The standard InChI is InChI=1S/C54H57N11O5/c1-5-40-42(19-23-56-51(40)65-31-30-64(54(65)69)39-8-7-22-55-33-39)41-16-13-36(48-34(2)70-60(4)53(48)68)32-45(41)35-11-14-37(15-12-35)61-24-20-38(21-25-61)62-26-28-63(29-27-62)46-10-6-9-43-49(58-59(3)50(43)46)44-17-18-47(66)57-52(44)67/h6-16,19,22-23,32-33,38,44H,5,17-18,20-21,24-31H2,1-4H3,(H,57,66,67). The Hall–Kier alpha value is -7.59. The van der Waals surface area contributed by atoms with Crippen molar-refractivity contribution in [1.29, 1.82) is 0 Å². The molecule has 70 heavy (non-hydrogen) atoms. The maximum atomic E-state index is 13.9. The van der Waals surface area contributed by atoms with Gasteiger partial charge in [0.1, 0.15) is 11.6 Å². The second-order valence-electron chi connectivity index (χ2n) is 18.9. The molecule has 0 bridgehead atoms. The zero-order chi connectivity index (χ0) is 48.2. The van der Waals surface area contributed by atoms with Crippen LogP contribution in [0.2, 0.25) is 0 Å². The lowest BCUT2D eigenvalue weighted by Crippen LogP contribution is -2.53. The fraction of sp³-hybridized carbons (Fsp3) is 0.352. The molecule has 0 aliphatic carbocycles. The Bertz CT molecular complexity index is 3200. The van der Waals surface area contributed by atoms with Crippen molar-refractivity contribution in [3.8, 4) is 33.4 Å². The number of amides is 4. The smallest absolute Gasteiger partial charge is 0.330 e. The summed E-state index contributed by atoms with van der Waals surface area (Å²) < 4.78 is 8.91. The lowest BCUT2D eigenvalue weighted by Gasteiger charge is -2.44. The Kier molecular flexibility index (Phi) is 11.8. The number of hydrogen-bond acceptors (Lipinski definition) is 11. The number of aryl methyl sites for hydroxylation is 3. The van der Waals surface area contributed by atoms with E-state index in [4.69, 9.17) is 14.6 Å². The first-order chi connectivity index (χ1) is 34.1. The van der Waals surface area contributed by atoms with E-state index in [9.17, 15) is 19.2 Å². The van der Waals surface area contributed by atoms with Crippen LogP contribution < -0.4 is 30.5 Å². The zero-order valence-electron chi connectivity index (χ0n) is 40.1. The molecule has 358 valence electrons. The molecule has 16 heteroatoms. The first-order valence-corrected chi connectivity index (χ1v) is 24.5. The number of imide groups is 1. The zero-order valence-corrected chi connectivity index (χ0v) is 40.1. The first-order valence-electron chi connectivity index (χ1n) is 24.5. The predicted octanol–water partition coefficient (Wildman–Crippen LogP) is 7.28. The average molecular weight is 940 g/mol. The molecule has 0 radical (unpaired) electrons. The van der Waals surface area contributed by atoms with E-state index in [0.29, 0.717) is 55.5 Å². The summed E-state index contributed by atoms with van der Waals surface area (Å²) in [6.45, 7) is 10.6. The van der Waals surface area contributed by atoms with Crippen LogP contribution in [0.4, 0.5) is 27.7 Å². The number of piperazine rings is 1. The van der Waals surface area contributed by atoms with Gasteiger partial charge in [-0.1, -0.05) is 43.3 Å². The van der Waals surface area contributed by atoms with Crippen molar-refractivity contribution in [2.75, 3.05) is 72.0 Å². The van der Waals surface area contributed by atoms with E-state index < -0.39 is 5.92 Å². The van der Waals surface area contributed by atoms with Gasteiger partial charge in [0.15, 0.2) is 0 Å². The fourth-order valence-electron chi connectivity index (χ4n) is 11.4. The molecule has 1 N–H and O–H groups in total. The Morgan fingerprint density at radius 2 is 1.50 bits per heavy atom. The molecule has 16 nitrogen and oxygen atoms in total. The molecular weight excluding hydrogens is 883 g/mol. The number of benzene rings is 3. The second kappa shape index (κ2) is 18.4. The average Bonchev–Trinajstić information content (AvgIpc) is 4.03. The van der Waals surface area contributed by atoms with Gasteiger partial charge in [0.05, 0.1) is 40.3 Å². The molecule has 7 aromatic rings. The molecule has 4 aromatic heterocycles. The largest absolute Gasteiger partial charge is 0.381 e. The molecule has 1 unspecified atom stereocenters. The Morgan fingerprint density at radius 3 is 2.21 bits per heavy atom. The molecule has 4 saturated heterocycles. The van der Waals surface area contributed by atoms with Crippen LogP contribution >= 0.6 is 0 Å². The third kappa shape index (κ3) is 7.98. The van der Waals surface area contributed by atoms with E-state index in [1.165, 1.54) is 10.4 Å². The SMILES string of the molecule is CCc1c(-c2ccc(-c3c(C)on(C)c3=O)cc2-c2ccc(N3CCC(N4CCN(c5cccc6c(C7CCC(=O)NC7=O)nn(C)c56)CC4)CC3)cc2)ccnc1N1CCN(c2cccnc2)C1=O. The van der Waals surface area contributed by atoms with Crippen LogP contribution in [-0.4, -0.2) is 106 Å². The Morgan fingerprint density at radius 1 is 0.729 bits per heavy atom. The minimum atomic E-state index is -0.431. The molecule has 4 amide bonds. The van der Waals surface area contributed by atoms with Crippen molar-refractivity contribution in [2.24, 2.45) is 14.1 Å². The van der Waals surface area contributed by atoms with Gasteiger partial charge in [-0.3, -0.25) is 44.1 Å². The Labute approximate surface area is 406 Å². The third-order valence-corrected chi connectivity index (χ3v) is 15.0. The van der Waals surface area contributed by atoms with Crippen LogP contribution in [0.15, 0.2) is 107 Å². The second-order valence-corrected chi connectivity index (χ2v) is 18.9. The summed E-state index contributed by atoms with van der Waals surface area (Å²) in [6, 6.07) is 27.4. The van der Waals surface area contributed by atoms with Gasteiger partial charge in [-0.2, -0.15) is 9.84 Å². The number of pyridine rings is 2. The maximum absolute atomic E-state index is 13.9. The summed E-state index contributed by atoms with van der Waals surface area (Å²) in [5.41, 5.74) is 10.9. The number of urea groups is 1. The van der Waals surface area contributed by atoms with E-state index in [0.717, 1.165) is 113 Å². The van der Waals surface area contributed by atoms with Crippen molar-refractivity contribution in [3.63, 3.8) is 0 Å². The van der Waals surface area contributed by atoms with Crippen molar-refractivity contribution < 1.29 is 18.9 Å². The van der Waals surface area contributed by atoms with E-state index >= 15 is 0 Å². The van der Waals surface area contributed by atoms with Crippen molar-refractivity contribution >= 4 is 51.6 Å². The molecule has 11 rings (SSSR count). The van der Waals surface area contributed by atoms with Crippen molar-refractivity contribution in [3.05, 3.63) is 125 Å². The summed E-state index contributed by atoms with van der Waals surface area (Å²) in [7, 11) is 3.58. The number of hydrogen-bond donors (Lipinski definition) is 1. The first kappa shape index (κ1) is 44.9. The molecule has 0 spiro atoms. The van der Waals surface area contributed by atoms with E-state index in [2.05, 4.69) is 80.5 Å². The normalized spacial score (nSPS) is 18.4. The molecular formula is C54H57N11O5. The third-order valence-electron chi connectivity index (χ3n) is 15.0. The van der Waals surface area contributed by atoms with E-state index in [1.807, 2.05) is 49.0 Å². The summed E-state index contributed by atoms with van der Waals surface area (Å²) in [5, 5.41) is 8.30. The van der Waals surface area contributed by atoms with Gasteiger partial charge in [-0.05, 0) is 103 Å². The number of rotatable bonds is 10. The summed E-state index contributed by atoms with van der Waals surface area (Å²) in [4.78, 5) is 72.1. The highest BCUT2D eigenvalue weighted by molar-refractivity contribution is 6.07. The van der Waals surface area contributed by atoms with Gasteiger partial charge in [-0.25, -0.2) is 9.78 Å². The van der Waals surface area contributed by atoms with Gasteiger partial charge < -0.3 is 14.3 Å². The monoisotopic (exact) mass is 939 g/mol. The number of fused-ring (bicyclic) bond motifs is 1. The highest BCUT2D eigenvalue weighted by atomic mass is 16.5. The number of anilines is 4. The van der Waals surface area contributed by atoms with Crippen LogP contribution in [0, 0.1) is 6.92 Å². The van der Waals surface area contributed by atoms with Gasteiger partial charge >= 0.3 is 6.03 Å². The summed E-state index contributed by atoms with van der Waals surface area (Å²) in [6.07, 6.45) is 8.80. The highest BCUT2D eigenvalue weighted by Gasteiger charge is 2.35. The number of piperidine rings is 2. The molecule has 4 aliphatic rings. The number of nitrogens with one attached hydrogen (secondary N) is 1. The quantitative estimate of drug-likeness (QED) is 0.137. The van der Waals surface area contributed by atoms with E-state index in [-0.39, 0.29) is 23.4 Å². The van der Waals surface area contributed by atoms with Gasteiger partial charge in [0, 0.05) is 108 Å². The number of aromatic nitrogens is 5. The van der Waals surface area contributed by atoms with Crippen LogP contribution in [0.5, 0.6) is 0 Å². The maximum Gasteiger partial charge on any atom is 0.330 e. The fourth-order valence-corrected chi connectivity index (χ4v) is 11.4. The number of para-hydroxylation sites is 1. The predicted molar refractivity (Wildman–Crippen MR) is 271 cm³/mol. The molecule has 3 aromatic carbocycles. The highest BCUT2D eigenvalue weighted by Crippen LogP contribution is 2.41. The number of carbonyl (C=O) groups is 3. The minimum absolute atomic E-state index is 0.129. The van der Waals surface area contributed by atoms with Crippen LogP contribution in [0.3, 0.4) is 0 Å².